The first-order valence-corrected chi connectivity index (χ1v) is 9.23. The minimum atomic E-state index is -1.52. The van der Waals surface area contributed by atoms with Gasteiger partial charge in [-0.25, -0.2) is 9.18 Å². The van der Waals surface area contributed by atoms with E-state index in [4.69, 9.17) is 9.47 Å². The van der Waals surface area contributed by atoms with Crippen LogP contribution in [-0.4, -0.2) is 35.4 Å². The molecule has 30 heavy (non-hydrogen) atoms. The summed E-state index contributed by atoms with van der Waals surface area (Å²) in [5.74, 6) is -1.09. The monoisotopic (exact) mass is 404 g/mol. The van der Waals surface area contributed by atoms with Crippen LogP contribution in [0.15, 0.2) is 54.9 Å². The van der Waals surface area contributed by atoms with E-state index >= 15 is 0 Å². The highest BCUT2D eigenvalue weighted by Gasteiger charge is 2.48. The molecule has 0 amide bonds. The third-order valence-electron chi connectivity index (χ3n) is 5.49. The molecule has 0 saturated carbocycles. The first kappa shape index (κ1) is 18.1. The summed E-state index contributed by atoms with van der Waals surface area (Å²) < 4.78 is 25.0. The summed E-state index contributed by atoms with van der Waals surface area (Å²) in [6, 6.07) is 12.0. The molecule has 5 rings (SSSR count). The molecule has 2 aromatic carbocycles. The molecule has 2 aromatic heterocycles. The lowest BCUT2D eigenvalue weighted by Gasteiger charge is -2.33. The van der Waals surface area contributed by atoms with E-state index in [2.05, 4.69) is 20.5 Å². The molecule has 4 aromatic rings. The summed E-state index contributed by atoms with van der Waals surface area (Å²) in [4.78, 5) is 16.5. The van der Waals surface area contributed by atoms with Crippen molar-refractivity contribution in [3.8, 4) is 16.9 Å². The number of ether oxygens (including phenoxy) is 2. The second-order valence-corrected chi connectivity index (χ2v) is 6.95. The Bertz CT molecular complexity index is 1300. The Hall–Kier alpha value is -3.94. The molecular formula is C22H17FN4O3. The third-order valence-corrected chi connectivity index (χ3v) is 5.49. The van der Waals surface area contributed by atoms with Crippen LogP contribution in [0.1, 0.15) is 11.1 Å². The zero-order valence-electron chi connectivity index (χ0n) is 16.2. The number of anilines is 1. The lowest BCUT2D eigenvalue weighted by atomic mass is 9.82. The Balaban J connectivity index is 1.92. The summed E-state index contributed by atoms with van der Waals surface area (Å²) in [5, 5.41) is 12.3. The van der Waals surface area contributed by atoms with Crippen LogP contribution < -0.4 is 10.1 Å². The lowest BCUT2D eigenvalue weighted by Crippen LogP contribution is -2.45. The van der Waals surface area contributed by atoms with Crippen molar-refractivity contribution < 1.29 is 18.7 Å². The third kappa shape index (κ3) is 2.33. The van der Waals surface area contributed by atoms with E-state index in [9.17, 15) is 9.18 Å². The number of esters is 1. The van der Waals surface area contributed by atoms with E-state index in [0.29, 0.717) is 27.8 Å². The maximum absolute atomic E-state index is 14.7. The van der Waals surface area contributed by atoms with Crippen LogP contribution in [0.3, 0.4) is 0 Å². The number of H-pyrrole nitrogens is 1. The van der Waals surface area contributed by atoms with Gasteiger partial charge < -0.3 is 19.8 Å². The number of carbonyl (C=O) groups excluding carboxylic acids is 1. The Labute approximate surface area is 170 Å². The number of methoxy groups -OCH3 is 2. The van der Waals surface area contributed by atoms with Crippen LogP contribution in [0.4, 0.5) is 10.1 Å². The van der Waals surface area contributed by atoms with E-state index in [1.54, 1.807) is 18.5 Å². The van der Waals surface area contributed by atoms with E-state index in [1.807, 2.05) is 24.3 Å². The Morgan fingerprint density at radius 2 is 1.97 bits per heavy atom. The van der Waals surface area contributed by atoms with Crippen LogP contribution in [0, 0.1) is 5.82 Å². The Kier molecular flexibility index (Phi) is 3.95. The number of para-hydroxylation sites is 1. The molecule has 0 radical (unpaired) electrons. The van der Waals surface area contributed by atoms with Crippen LogP contribution >= 0.6 is 0 Å². The number of hydrogen-bond acceptors (Lipinski definition) is 6. The fraction of sp³-hybridized carbons (Fsp3) is 0.136. The number of aromatic nitrogens is 3. The van der Waals surface area contributed by atoms with Gasteiger partial charge in [-0.05, 0) is 23.8 Å². The first-order chi connectivity index (χ1) is 14.6. The molecule has 1 aliphatic rings. The number of carbonyl (C=O) groups is 1. The molecule has 1 atom stereocenters. The minimum Gasteiger partial charge on any atom is -0.494 e. The molecule has 0 saturated heterocycles. The topological polar surface area (TPSA) is 89.1 Å². The predicted octanol–water partition coefficient (Wildman–Crippen LogP) is 3.61. The smallest absolute Gasteiger partial charge is 0.341 e. The number of halogens is 1. The normalized spacial score (nSPS) is 17.0. The average Bonchev–Trinajstić information content (AvgIpc) is 3.16. The second kappa shape index (κ2) is 6.55. The summed E-state index contributed by atoms with van der Waals surface area (Å²) in [7, 11) is 2.69. The number of nitrogens with zero attached hydrogens (tertiary/aromatic N) is 2. The lowest BCUT2D eigenvalue weighted by molar-refractivity contribution is -0.144. The van der Waals surface area contributed by atoms with Gasteiger partial charge in [0, 0.05) is 34.0 Å². The predicted molar refractivity (Wildman–Crippen MR) is 109 cm³/mol. The molecule has 3 heterocycles. The molecule has 7 nitrogen and oxygen atoms in total. The van der Waals surface area contributed by atoms with Gasteiger partial charge in [-0.15, -0.1) is 5.10 Å². The van der Waals surface area contributed by atoms with E-state index in [1.165, 1.54) is 26.4 Å². The number of hydrogen-bond donors (Lipinski definition) is 2. The fourth-order valence-corrected chi connectivity index (χ4v) is 4.13. The maximum Gasteiger partial charge on any atom is 0.341 e. The van der Waals surface area contributed by atoms with Gasteiger partial charge in [0.15, 0.2) is 22.8 Å². The first-order valence-electron chi connectivity index (χ1n) is 9.23. The average molecular weight is 404 g/mol. The molecule has 0 aliphatic carbocycles. The van der Waals surface area contributed by atoms with Crippen LogP contribution in [-0.2, 0) is 15.1 Å². The summed E-state index contributed by atoms with van der Waals surface area (Å²) in [6.45, 7) is 0. The van der Waals surface area contributed by atoms with Gasteiger partial charge in [-0.1, -0.05) is 24.3 Å². The molecule has 150 valence electrons. The van der Waals surface area contributed by atoms with E-state index in [-0.39, 0.29) is 5.75 Å². The van der Waals surface area contributed by atoms with E-state index < -0.39 is 17.3 Å². The standard InChI is InChI=1S/C22H17FN4O3/c1-29-18-8-7-12(9-16(18)23)22(21(28)30-2)15-11-24-20-19(15)14(10-25-27-20)13-5-3-4-6-17(13)26-22/h3-11,26H,1-2H3,(H,24,27). The van der Waals surface area contributed by atoms with Crippen molar-refractivity contribution >= 4 is 22.7 Å². The van der Waals surface area contributed by atoms with Crippen molar-refractivity contribution in [3.05, 3.63) is 71.8 Å². The quantitative estimate of drug-likeness (QED) is 0.507. The number of rotatable bonds is 3. The van der Waals surface area contributed by atoms with Crippen molar-refractivity contribution in [3.63, 3.8) is 0 Å². The molecule has 0 bridgehead atoms. The van der Waals surface area contributed by atoms with E-state index in [0.717, 1.165) is 11.1 Å². The molecule has 0 fully saturated rings. The van der Waals surface area contributed by atoms with Gasteiger partial charge in [0.1, 0.15) is 0 Å². The Morgan fingerprint density at radius 3 is 2.73 bits per heavy atom. The largest absolute Gasteiger partial charge is 0.494 e. The number of fused-ring (bicyclic) bond motifs is 2. The second-order valence-electron chi connectivity index (χ2n) is 6.95. The molecule has 1 aliphatic heterocycles. The van der Waals surface area contributed by atoms with Gasteiger partial charge in [0.25, 0.3) is 0 Å². The van der Waals surface area contributed by atoms with Crippen LogP contribution in [0.5, 0.6) is 5.75 Å². The highest BCUT2D eigenvalue weighted by molar-refractivity contribution is 6.06. The minimum absolute atomic E-state index is 0.0817. The molecule has 8 heteroatoms. The van der Waals surface area contributed by atoms with Crippen molar-refractivity contribution in [1.82, 2.24) is 15.2 Å². The number of aromatic amines is 1. The fourth-order valence-electron chi connectivity index (χ4n) is 4.13. The molecule has 1 unspecified atom stereocenters. The van der Waals surface area contributed by atoms with Gasteiger partial charge in [0.05, 0.1) is 20.4 Å². The van der Waals surface area contributed by atoms with Crippen molar-refractivity contribution in [1.29, 1.82) is 0 Å². The summed E-state index contributed by atoms with van der Waals surface area (Å²) in [5.41, 5.74) is 2.26. The molecular weight excluding hydrogens is 387 g/mol. The molecule has 0 spiro atoms. The van der Waals surface area contributed by atoms with Crippen LogP contribution in [0.25, 0.3) is 22.2 Å². The zero-order valence-corrected chi connectivity index (χ0v) is 16.2. The van der Waals surface area contributed by atoms with Crippen molar-refractivity contribution in [2.75, 3.05) is 19.5 Å². The summed E-state index contributed by atoms with van der Waals surface area (Å²) >= 11 is 0. The number of benzene rings is 2. The maximum atomic E-state index is 14.7. The molecule has 2 N–H and O–H groups in total. The van der Waals surface area contributed by atoms with Gasteiger partial charge in [-0.3, -0.25) is 0 Å². The Morgan fingerprint density at radius 1 is 1.13 bits per heavy atom. The highest BCUT2D eigenvalue weighted by Crippen LogP contribution is 2.47. The van der Waals surface area contributed by atoms with Gasteiger partial charge in [0.2, 0.25) is 0 Å². The summed E-state index contributed by atoms with van der Waals surface area (Å²) in [6.07, 6.45) is 3.34. The van der Waals surface area contributed by atoms with Gasteiger partial charge in [-0.2, -0.15) is 5.10 Å². The highest BCUT2D eigenvalue weighted by atomic mass is 19.1. The number of nitrogens with one attached hydrogen (secondary N) is 2. The van der Waals surface area contributed by atoms with Crippen molar-refractivity contribution in [2.45, 2.75) is 5.54 Å². The van der Waals surface area contributed by atoms with Crippen LogP contribution in [0.2, 0.25) is 0 Å². The van der Waals surface area contributed by atoms with Crippen molar-refractivity contribution in [2.24, 2.45) is 0 Å². The van der Waals surface area contributed by atoms with Gasteiger partial charge >= 0.3 is 5.97 Å². The zero-order chi connectivity index (χ0) is 20.9. The SMILES string of the molecule is COC(=O)C1(c2ccc(OC)c(F)c2)Nc2ccccc2-c2cnnc3[nH]cc1c23.